The van der Waals surface area contributed by atoms with Gasteiger partial charge in [0.1, 0.15) is 0 Å². The molecular formula is C19H21N3O3S. The van der Waals surface area contributed by atoms with Crippen LogP contribution in [0.3, 0.4) is 0 Å². The first-order valence-corrected chi connectivity index (χ1v) is 9.82. The van der Waals surface area contributed by atoms with Gasteiger partial charge in [0, 0.05) is 0 Å². The van der Waals surface area contributed by atoms with Crippen molar-refractivity contribution in [3.05, 3.63) is 51.3 Å². The van der Waals surface area contributed by atoms with Crippen LogP contribution < -0.4 is 5.56 Å². The van der Waals surface area contributed by atoms with E-state index in [1.165, 1.54) is 31.0 Å². The minimum atomic E-state index is -0.951. The van der Waals surface area contributed by atoms with Crippen molar-refractivity contribution in [2.75, 3.05) is 0 Å². The van der Waals surface area contributed by atoms with Crippen molar-refractivity contribution in [3.63, 3.8) is 0 Å². The van der Waals surface area contributed by atoms with Gasteiger partial charge in [-0.15, -0.1) is 0 Å². The molecule has 1 aromatic heterocycles. The summed E-state index contributed by atoms with van der Waals surface area (Å²) in [5, 5.41) is 12.9. The molecule has 1 atom stereocenters. The second-order valence-corrected chi connectivity index (χ2v) is 8.19. The van der Waals surface area contributed by atoms with Gasteiger partial charge >= 0.3 is 5.97 Å². The van der Waals surface area contributed by atoms with Crippen molar-refractivity contribution in [2.45, 2.75) is 50.3 Å². The lowest BCUT2D eigenvalue weighted by Gasteiger charge is -2.26. The van der Waals surface area contributed by atoms with E-state index < -0.39 is 5.97 Å². The van der Waals surface area contributed by atoms with Gasteiger partial charge in [0.15, 0.2) is 5.82 Å². The van der Waals surface area contributed by atoms with Crippen LogP contribution in [0.1, 0.15) is 71.8 Å². The first-order valence-electron chi connectivity index (χ1n) is 8.94. The fraction of sp³-hybridized carbons (Fsp3) is 0.421. The van der Waals surface area contributed by atoms with E-state index in [1.807, 2.05) is 11.6 Å². The summed E-state index contributed by atoms with van der Waals surface area (Å²) < 4.78 is 1.97. The molecule has 0 amide bonds. The molecular weight excluding hydrogens is 350 g/mol. The first kappa shape index (κ1) is 17.1. The second-order valence-electron chi connectivity index (χ2n) is 6.90. The van der Waals surface area contributed by atoms with Crippen molar-refractivity contribution in [3.8, 4) is 0 Å². The number of aliphatic imine (C=N–C) groups is 1. The molecule has 2 N–H and O–H groups in total. The summed E-state index contributed by atoms with van der Waals surface area (Å²) in [4.78, 5) is 28.5. The predicted molar refractivity (Wildman–Crippen MR) is 103 cm³/mol. The Hall–Kier alpha value is -2.28. The molecule has 6 nitrogen and oxygen atoms in total. The van der Waals surface area contributed by atoms with E-state index in [2.05, 4.69) is 10.1 Å². The van der Waals surface area contributed by atoms with Gasteiger partial charge < -0.3 is 5.11 Å². The number of carbonyl (C=O) groups is 1. The van der Waals surface area contributed by atoms with Crippen molar-refractivity contribution >= 4 is 28.6 Å². The monoisotopic (exact) mass is 371 g/mol. The third-order valence-corrected chi connectivity index (χ3v) is 6.33. The molecule has 26 heavy (non-hydrogen) atoms. The summed E-state index contributed by atoms with van der Waals surface area (Å²) in [5.41, 5.74) is 1.74. The normalized spacial score (nSPS) is 20.5. The van der Waals surface area contributed by atoms with Gasteiger partial charge in [0.05, 0.1) is 27.5 Å². The number of rotatable bonds is 3. The highest BCUT2D eigenvalue weighted by atomic mass is 32.2. The molecule has 2 aliphatic rings. The van der Waals surface area contributed by atoms with Gasteiger partial charge in [0.2, 0.25) is 0 Å². The van der Waals surface area contributed by atoms with Crippen LogP contribution in [-0.4, -0.2) is 25.9 Å². The molecule has 1 fully saturated rings. The van der Waals surface area contributed by atoms with E-state index in [1.54, 1.807) is 24.3 Å². The molecule has 0 spiro atoms. The predicted octanol–water partition coefficient (Wildman–Crippen LogP) is 4.27. The number of nitrogens with one attached hydrogen (secondary N) is 1. The van der Waals surface area contributed by atoms with Crippen LogP contribution in [0.5, 0.6) is 0 Å². The van der Waals surface area contributed by atoms with Crippen LogP contribution in [0, 0.1) is 0 Å². The number of hydrogen-bond donors (Lipinski definition) is 2. The summed E-state index contributed by atoms with van der Waals surface area (Å²) >= 11 is 1.54. The highest BCUT2D eigenvalue weighted by Crippen LogP contribution is 2.45. The Labute approximate surface area is 155 Å². The Morgan fingerprint density at radius 2 is 1.92 bits per heavy atom. The number of benzene rings is 1. The van der Waals surface area contributed by atoms with E-state index >= 15 is 0 Å². The average molecular weight is 371 g/mol. The summed E-state index contributed by atoms with van der Waals surface area (Å²) in [7, 11) is 0. The van der Waals surface area contributed by atoms with Gasteiger partial charge in [-0.3, -0.25) is 14.6 Å². The number of fused-ring (bicyclic) bond motifs is 1. The largest absolute Gasteiger partial charge is 0.478 e. The molecule has 1 aromatic carbocycles. The number of aromatic carboxylic acids is 1. The summed E-state index contributed by atoms with van der Waals surface area (Å²) in [6.45, 7) is 1.95. The lowest BCUT2D eigenvalue weighted by atomic mass is 9.95. The Bertz CT molecular complexity index is 920. The second kappa shape index (κ2) is 6.79. The van der Waals surface area contributed by atoms with Crippen LogP contribution in [0.2, 0.25) is 0 Å². The van der Waals surface area contributed by atoms with E-state index in [9.17, 15) is 9.59 Å². The lowest BCUT2D eigenvalue weighted by molar-refractivity contribution is 0.0697. The third kappa shape index (κ3) is 3.00. The minimum Gasteiger partial charge on any atom is -0.478 e. The van der Waals surface area contributed by atoms with Crippen LogP contribution in [0.4, 0.5) is 5.82 Å². The first-order chi connectivity index (χ1) is 12.5. The standard InChI is InChI=1S/C19H21N3O3S/c1-11-20-17-15(18(23)21-22(17)14-5-3-2-4-6-14)16(26-11)12-7-9-13(10-8-12)19(24)25/h7-10,14,16H,2-6H2,1H3,(H,21,23)(H,24,25)/t16-/m0/s1. The van der Waals surface area contributed by atoms with Crippen molar-refractivity contribution < 1.29 is 9.90 Å². The Kier molecular flexibility index (Phi) is 4.48. The molecule has 1 aliphatic carbocycles. The molecule has 0 unspecified atom stereocenters. The van der Waals surface area contributed by atoms with Crippen molar-refractivity contribution in [1.82, 2.24) is 9.78 Å². The zero-order valence-electron chi connectivity index (χ0n) is 14.6. The summed E-state index contributed by atoms with van der Waals surface area (Å²) in [6.07, 6.45) is 5.74. The number of carboxylic acids is 1. The zero-order chi connectivity index (χ0) is 18.3. The number of H-pyrrole nitrogens is 1. The zero-order valence-corrected chi connectivity index (χ0v) is 15.4. The number of carboxylic acid groups (broad SMARTS) is 1. The molecule has 4 rings (SSSR count). The lowest BCUT2D eigenvalue weighted by Crippen LogP contribution is -2.16. The maximum absolute atomic E-state index is 12.7. The summed E-state index contributed by atoms with van der Waals surface area (Å²) in [6, 6.07) is 7.06. The van der Waals surface area contributed by atoms with Gasteiger partial charge in [-0.05, 0) is 37.5 Å². The van der Waals surface area contributed by atoms with Crippen LogP contribution >= 0.6 is 11.8 Å². The van der Waals surface area contributed by atoms with E-state index in [-0.39, 0.29) is 16.4 Å². The van der Waals surface area contributed by atoms with E-state index in [0.717, 1.165) is 29.3 Å². The highest BCUT2D eigenvalue weighted by Gasteiger charge is 2.32. The summed E-state index contributed by atoms with van der Waals surface area (Å²) in [5.74, 6) is -0.210. The molecule has 1 aliphatic heterocycles. The van der Waals surface area contributed by atoms with E-state index in [4.69, 9.17) is 5.11 Å². The van der Waals surface area contributed by atoms with Crippen LogP contribution in [-0.2, 0) is 0 Å². The number of thioether (sulfide) groups is 1. The van der Waals surface area contributed by atoms with Gasteiger partial charge in [-0.2, -0.15) is 0 Å². The molecule has 136 valence electrons. The molecule has 0 saturated heterocycles. The Balaban J connectivity index is 1.77. The SMILES string of the molecule is CC1=Nc2c(c(=O)[nH]n2C2CCCCC2)[C@H](c2ccc(C(=O)O)cc2)S1. The molecule has 2 heterocycles. The topological polar surface area (TPSA) is 87.5 Å². The Morgan fingerprint density at radius 3 is 2.58 bits per heavy atom. The number of nitrogens with zero attached hydrogens (tertiary/aromatic N) is 2. The van der Waals surface area contributed by atoms with Crippen LogP contribution in [0.15, 0.2) is 34.1 Å². The molecule has 0 radical (unpaired) electrons. The molecule has 1 saturated carbocycles. The number of aromatic amines is 1. The minimum absolute atomic E-state index is 0.0957. The van der Waals surface area contributed by atoms with Gasteiger partial charge in [-0.1, -0.05) is 43.2 Å². The quantitative estimate of drug-likeness (QED) is 0.843. The maximum Gasteiger partial charge on any atom is 0.335 e. The van der Waals surface area contributed by atoms with Crippen LogP contribution in [0.25, 0.3) is 0 Å². The molecule has 2 aromatic rings. The maximum atomic E-state index is 12.7. The molecule has 0 bridgehead atoms. The van der Waals surface area contributed by atoms with Crippen molar-refractivity contribution in [1.29, 1.82) is 0 Å². The average Bonchev–Trinajstić information content (AvgIpc) is 2.98. The third-order valence-electron chi connectivity index (χ3n) is 5.15. The van der Waals surface area contributed by atoms with Crippen molar-refractivity contribution in [2.24, 2.45) is 4.99 Å². The smallest absolute Gasteiger partial charge is 0.335 e. The number of aromatic nitrogens is 2. The number of hydrogen-bond acceptors (Lipinski definition) is 4. The Morgan fingerprint density at radius 1 is 1.23 bits per heavy atom. The van der Waals surface area contributed by atoms with Gasteiger partial charge in [-0.25, -0.2) is 9.79 Å². The fourth-order valence-corrected chi connectivity index (χ4v) is 4.95. The highest BCUT2D eigenvalue weighted by molar-refractivity contribution is 8.14. The molecule has 7 heteroatoms. The fourth-order valence-electron chi connectivity index (χ4n) is 3.85. The van der Waals surface area contributed by atoms with E-state index in [0.29, 0.717) is 11.6 Å². The van der Waals surface area contributed by atoms with Gasteiger partial charge in [0.25, 0.3) is 5.56 Å².